The number of allylic oxidation sites excluding steroid dienone is 3. The van der Waals surface area contributed by atoms with Crippen molar-refractivity contribution in [3.8, 4) is 0 Å². The molecule has 0 saturated carbocycles. The van der Waals surface area contributed by atoms with Gasteiger partial charge in [0.05, 0.1) is 17.9 Å². The maximum atomic E-state index is 5.89. The lowest BCUT2D eigenvalue weighted by atomic mass is 10.3. The van der Waals surface area contributed by atoms with E-state index in [1.165, 1.54) is 0 Å². The summed E-state index contributed by atoms with van der Waals surface area (Å²) in [5.41, 5.74) is 2.10. The van der Waals surface area contributed by atoms with Crippen molar-refractivity contribution >= 4 is 17.8 Å². The molecule has 0 unspecified atom stereocenters. The summed E-state index contributed by atoms with van der Waals surface area (Å²) in [5.74, 6) is 0. The van der Waals surface area contributed by atoms with E-state index >= 15 is 0 Å². The molecular weight excluding hydrogens is 172 g/mol. The second-order valence-electron chi connectivity index (χ2n) is 2.86. The smallest absolute Gasteiger partial charge is 0.0863 e. The van der Waals surface area contributed by atoms with E-state index in [-0.39, 0.29) is 0 Å². The summed E-state index contributed by atoms with van der Waals surface area (Å²) in [7, 11) is 2.01. The van der Waals surface area contributed by atoms with Crippen molar-refractivity contribution < 1.29 is 0 Å². The highest BCUT2D eigenvalue weighted by Crippen LogP contribution is 2.25. The summed E-state index contributed by atoms with van der Waals surface area (Å²) in [5, 5.41) is 0.871. The van der Waals surface area contributed by atoms with Gasteiger partial charge in [0.1, 0.15) is 0 Å². The Morgan fingerprint density at radius 3 is 2.92 bits per heavy atom. The van der Waals surface area contributed by atoms with Crippen LogP contribution in [-0.4, -0.2) is 24.7 Å². The van der Waals surface area contributed by atoms with Crippen LogP contribution in [0.15, 0.2) is 39.6 Å². The molecule has 0 spiro atoms. The molecule has 2 aliphatic rings. The topological polar surface area (TPSA) is 15.6 Å². The quantitative estimate of drug-likeness (QED) is 0.556. The molecule has 0 bridgehead atoms. The molecule has 0 saturated heterocycles. The fraction of sp³-hybridized carbons (Fsp3) is 0.222. The van der Waals surface area contributed by atoms with Crippen LogP contribution in [0, 0.1) is 0 Å². The SMILES string of the molecule is CN1CC(Cl)=CC1=C1C=CC=N1. The molecule has 62 valence electrons. The predicted molar refractivity (Wildman–Crippen MR) is 51.2 cm³/mol. The molecule has 0 aliphatic carbocycles. The Labute approximate surface area is 76.5 Å². The first-order chi connectivity index (χ1) is 5.77. The second-order valence-corrected chi connectivity index (χ2v) is 3.34. The van der Waals surface area contributed by atoms with E-state index in [0.29, 0.717) is 0 Å². The molecule has 0 radical (unpaired) electrons. The van der Waals surface area contributed by atoms with Crippen LogP contribution in [0.2, 0.25) is 0 Å². The highest BCUT2D eigenvalue weighted by molar-refractivity contribution is 6.30. The van der Waals surface area contributed by atoms with Crippen LogP contribution < -0.4 is 0 Å². The molecule has 0 atom stereocenters. The van der Waals surface area contributed by atoms with Crippen LogP contribution in [0.3, 0.4) is 0 Å². The number of halogens is 1. The van der Waals surface area contributed by atoms with Gasteiger partial charge in [-0.3, -0.25) is 4.99 Å². The zero-order valence-electron chi connectivity index (χ0n) is 6.79. The average molecular weight is 181 g/mol. The first-order valence-corrected chi connectivity index (χ1v) is 4.17. The summed E-state index contributed by atoms with van der Waals surface area (Å²) in [6.45, 7) is 0.795. The fourth-order valence-electron chi connectivity index (χ4n) is 1.34. The maximum absolute atomic E-state index is 5.89. The molecular formula is C9H9ClN2. The van der Waals surface area contributed by atoms with Gasteiger partial charge < -0.3 is 4.90 Å². The number of likely N-dealkylation sites (N-methyl/N-ethyl adjacent to an activating group) is 1. The number of hydrogen-bond donors (Lipinski definition) is 0. The zero-order chi connectivity index (χ0) is 8.55. The van der Waals surface area contributed by atoms with Gasteiger partial charge in [-0.1, -0.05) is 11.6 Å². The molecule has 2 aliphatic heterocycles. The van der Waals surface area contributed by atoms with Crippen LogP contribution in [0.1, 0.15) is 0 Å². The van der Waals surface area contributed by atoms with Crippen LogP contribution in [-0.2, 0) is 0 Å². The monoisotopic (exact) mass is 180 g/mol. The largest absolute Gasteiger partial charge is 0.368 e. The van der Waals surface area contributed by atoms with Gasteiger partial charge in [-0.2, -0.15) is 0 Å². The van der Waals surface area contributed by atoms with Crippen LogP contribution in [0.4, 0.5) is 0 Å². The summed E-state index contributed by atoms with van der Waals surface area (Å²) >= 11 is 5.89. The highest BCUT2D eigenvalue weighted by atomic mass is 35.5. The highest BCUT2D eigenvalue weighted by Gasteiger charge is 2.16. The van der Waals surface area contributed by atoms with E-state index in [1.54, 1.807) is 6.21 Å². The molecule has 2 rings (SSSR count). The van der Waals surface area contributed by atoms with Crippen LogP contribution in [0.25, 0.3) is 0 Å². The van der Waals surface area contributed by atoms with Crippen molar-refractivity contribution in [2.45, 2.75) is 0 Å². The number of hydrogen-bond acceptors (Lipinski definition) is 2. The number of nitrogens with zero attached hydrogens (tertiary/aromatic N) is 2. The van der Waals surface area contributed by atoms with Crippen molar-refractivity contribution in [2.24, 2.45) is 4.99 Å². The number of aliphatic imine (C=N–C) groups is 1. The first-order valence-electron chi connectivity index (χ1n) is 3.79. The van der Waals surface area contributed by atoms with Crippen molar-refractivity contribution in [2.75, 3.05) is 13.6 Å². The van der Waals surface area contributed by atoms with E-state index in [2.05, 4.69) is 9.89 Å². The van der Waals surface area contributed by atoms with Crippen LogP contribution in [0.5, 0.6) is 0 Å². The van der Waals surface area contributed by atoms with E-state index in [9.17, 15) is 0 Å². The molecule has 0 aromatic rings. The Morgan fingerprint density at radius 2 is 2.42 bits per heavy atom. The third kappa shape index (κ3) is 1.18. The zero-order valence-corrected chi connectivity index (χ0v) is 7.54. The summed E-state index contributed by atoms with van der Waals surface area (Å²) < 4.78 is 0. The average Bonchev–Trinajstić information content (AvgIpc) is 2.58. The van der Waals surface area contributed by atoms with E-state index < -0.39 is 0 Å². The summed E-state index contributed by atoms with van der Waals surface area (Å²) in [6, 6.07) is 0. The molecule has 0 aromatic carbocycles. The molecule has 2 nitrogen and oxygen atoms in total. The van der Waals surface area contributed by atoms with E-state index in [0.717, 1.165) is 23.0 Å². The molecule has 0 N–H and O–H groups in total. The Balaban J connectivity index is 2.40. The Hall–Kier alpha value is -1.02. The van der Waals surface area contributed by atoms with Crippen molar-refractivity contribution in [3.63, 3.8) is 0 Å². The minimum Gasteiger partial charge on any atom is -0.368 e. The molecule has 2 heterocycles. The lowest BCUT2D eigenvalue weighted by Crippen LogP contribution is -2.12. The predicted octanol–water partition coefficient (Wildman–Crippen LogP) is 1.91. The molecule has 0 amide bonds. The summed E-state index contributed by atoms with van der Waals surface area (Å²) in [4.78, 5) is 6.29. The Morgan fingerprint density at radius 1 is 1.58 bits per heavy atom. The van der Waals surface area contributed by atoms with Gasteiger partial charge in [0, 0.05) is 18.3 Å². The van der Waals surface area contributed by atoms with Crippen molar-refractivity contribution in [1.82, 2.24) is 4.90 Å². The summed E-state index contributed by atoms with van der Waals surface area (Å²) in [6.07, 6.45) is 7.66. The Kier molecular flexibility index (Phi) is 1.77. The van der Waals surface area contributed by atoms with E-state index in [4.69, 9.17) is 11.6 Å². The van der Waals surface area contributed by atoms with Crippen molar-refractivity contribution in [1.29, 1.82) is 0 Å². The van der Waals surface area contributed by atoms with Gasteiger partial charge in [0.25, 0.3) is 0 Å². The molecule has 0 fully saturated rings. The third-order valence-electron chi connectivity index (χ3n) is 1.91. The van der Waals surface area contributed by atoms with Gasteiger partial charge in [-0.05, 0) is 18.2 Å². The number of rotatable bonds is 0. The molecule has 3 heteroatoms. The Bertz CT molecular complexity index is 309. The van der Waals surface area contributed by atoms with Gasteiger partial charge in [-0.15, -0.1) is 0 Å². The second kappa shape index (κ2) is 2.79. The molecule has 12 heavy (non-hydrogen) atoms. The normalized spacial score (nSPS) is 27.2. The van der Waals surface area contributed by atoms with E-state index in [1.807, 2.05) is 25.3 Å². The van der Waals surface area contributed by atoms with Gasteiger partial charge in [0.2, 0.25) is 0 Å². The van der Waals surface area contributed by atoms with Gasteiger partial charge in [-0.25, -0.2) is 0 Å². The maximum Gasteiger partial charge on any atom is 0.0863 e. The fourth-order valence-corrected chi connectivity index (χ4v) is 1.62. The first kappa shape index (κ1) is 7.62. The van der Waals surface area contributed by atoms with Crippen molar-refractivity contribution in [3.05, 3.63) is 34.7 Å². The minimum absolute atomic E-state index is 0.795. The van der Waals surface area contributed by atoms with Gasteiger partial charge >= 0.3 is 0 Å². The lowest BCUT2D eigenvalue weighted by Gasteiger charge is -2.13. The lowest BCUT2D eigenvalue weighted by molar-refractivity contribution is 0.493. The minimum atomic E-state index is 0.795. The standard InChI is InChI=1S/C9H9ClN2/c1-12-6-7(10)5-9(12)8-3-2-4-11-8/h2-5H,6H2,1H3. The van der Waals surface area contributed by atoms with Gasteiger partial charge in [0.15, 0.2) is 0 Å². The molecule has 0 aromatic heterocycles. The third-order valence-corrected chi connectivity index (χ3v) is 2.14. The van der Waals surface area contributed by atoms with Crippen LogP contribution >= 0.6 is 11.6 Å².